The summed E-state index contributed by atoms with van der Waals surface area (Å²) >= 11 is 3.30. The third-order valence-electron chi connectivity index (χ3n) is 1.97. The Morgan fingerprint density at radius 2 is 2.08 bits per heavy atom. The van der Waals surface area contributed by atoms with Crippen LogP contribution in [0.3, 0.4) is 0 Å². The van der Waals surface area contributed by atoms with Crippen molar-refractivity contribution < 1.29 is 5.11 Å². The molecule has 0 radical (unpaired) electrons. The highest BCUT2D eigenvalue weighted by Gasteiger charge is 2.06. The molecule has 0 spiro atoms. The van der Waals surface area contributed by atoms with Crippen LogP contribution in [0.15, 0.2) is 16.6 Å². The zero-order valence-electron chi connectivity index (χ0n) is 7.39. The fraction of sp³-hybridized carbons (Fsp3) is 0.400. The minimum atomic E-state index is 0.400. The van der Waals surface area contributed by atoms with Gasteiger partial charge in [0.15, 0.2) is 0 Å². The number of benzene rings is 1. The first kappa shape index (κ1) is 9.59. The van der Waals surface area contributed by atoms with Crippen LogP contribution in [0.5, 0.6) is 5.75 Å². The molecule has 2 heteroatoms. The summed E-state index contributed by atoms with van der Waals surface area (Å²) in [6, 6.07) is 3.90. The smallest absolute Gasteiger partial charge is 0.133 e. The van der Waals surface area contributed by atoms with Gasteiger partial charge in [0.2, 0.25) is 0 Å². The molecule has 0 aromatic heterocycles. The van der Waals surface area contributed by atoms with Gasteiger partial charge in [-0.1, -0.05) is 19.4 Å². The van der Waals surface area contributed by atoms with Gasteiger partial charge in [0.1, 0.15) is 5.75 Å². The van der Waals surface area contributed by atoms with E-state index in [0.717, 1.165) is 28.4 Å². The number of hydrogen-bond acceptors (Lipinski definition) is 1. The van der Waals surface area contributed by atoms with Gasteiger partial charge in [-0.15, -0.1) is 0 Å². The van der Waals surface area contributed by atoms with E-state index in [1.54, 1.807) is 0 Å². The predicted octanol–water partition coefficient (Wildman–Crippen LogP) is 3.42. The monoisotopic (exact) mass is 228 g/mol. The van der Waals surface area contributed by atoms with E-state index < -0.39 is 0 Å². The minimum Gasteiger partial charge on any atom is -0.506 e. The number of aromatic hydroxyl groups is 1. The van der Waals surface area contributed by atoms with Gasteiger partial charge >= 0.3 is 0 Å². The molecule has 66 valence electrons. The van der Waals surface area contributed by atoms with Crippen molar-refractivity contribution in [2.75, 3.05) is 0 Å². The predicted molar refractivity (Wildman–Crippen MR) is 54.5 cm³/mol. The normalized spacial score (nSPS) is 10.2. The molecule has 1 aromatic rings. The van der Waals surface area contributed by atoms with Crippen molar-refractivity contribution in [3.05, 3.63) is 27.7 Å². The highest BCUT2D eigenvalue weighted by molar-refractivity contribution is 9.10. The second kappa shape index (κ2) is 3.94. The van der Waals surface area contributed by atoms with Gasteiger partial charge in [0.05, 0.1) is 4.47 Å². The van der Waals surface area contributed by atoms with Gasteiger partial charge < -0.3 is 5.11 Å². The van der Waals surface area contributed by atoms with Crippen molar-refractivity contribution in [1.29, 1.82) is 0 Å². The third-order valence-corrected chi connectivity index (χ3v) is 2.61. The van der Waals surface area contributed by atoms with E-state index in [1.165, 1.54) is 0 Å². The van der Waals surface area contributed by atoms with Gasteiger partial charge in [-0.2, -0.15) is 0 Å². The average Bonchev–Trinajstić information content (AvgIpc) is 2.06. The first-order chi connectivity index (χ1) is 5.66. The number of hydrogen-bond donors (Lipinski definition) is 1. The van der Waals surface area contributed by atoms with E-state index >= 15 is 0 Å². The Labute approximate surface area is 81.6 Å². The lowest BCUT2D eigenvalue weighted by Crippen LogP contribution is -1.89. The van der Waals surface area contributed by atoms with Crippen LogP contribution < -0.4 is 0 Å². The first-order valence-electron chi connectivity index (χ1n) is 4.13. The molecular weight excluding hydrogens is 216 g/mol. The molecule has 12 heavy (non-hydrogen) atoms. The summed E-state index contributed by atoms with van der Waals surface area (Å²) in [7, 11) is 0. The summed E-state index contributed by atoms with van der Waals surface area (Å²) in [5, 5.41) is 9.66. The lowest BCUT2D eigenvalue weighted by molar-refractivity contribution is 0.463. The number of rotatable bonds is 2. The van der Waals surface area contributed by atoms with Gasteiger partial charge in [0, 0.05) is 0 Å². The second-order valence-corrected chi connectivity index (χ2v) is 3.80. The highest BCUT2D eigenvalue weighted by atomic mass is 79.9. The van der Waals surface area contributed by atoms with Crippen LogP contribution in [0.1, 0.15) is 24.5 Å². The maximum absolute atomic E-state index is 9.66. The largest absolute Gasteiger partial charge is 0.506 e. The Kier molecular flexibility index (Phi) is 3.15. The van der Waals surface area contributed by atoms with Crippen molar-refractivity contribution in [1.82, 2.24) is 0 Å². The van der Waals surface area contributed by atoms with Crippen molar-refractivity contribution >= 4 is 15.9 Å². The Morgan fingerprint density at radius 1 is 1.42 bits per heavy atom. The number of phenols is 1. The highest BCUT2D eigenvalue weighted by Crippen LogP contribution is 2.30. The maximum atomic E-state index is 9.66. The van der Waals surface area contributed by atoms with E-state index in [-0.39, 0.29) is 0 Å². The van der Waals surface area contributed by atoms with Gasteiger partial charge in [-0.25, -0.2) is 0 Å². The third kappa shape index (κ3) is 1.81. The molecule has 1 nitrogen and oxygen atoms in total. The molecule has 1 aromatic carbocycles. The zero-order valence-corrected chi connectivity index (χ0v) is 8.98. The van der Waals surface area contributed by atoms with Crippen LogP contribution >= 0.6 is 15.9 Å². The van der Waals surface area contributed by atoms with E-state index in [2.05, 4.69) is 22.9 Å². The number of aryl methyl sites for hydroxylation is 1. The molecule has 0 saturated carbocycles. The lowest BCUT2D eigenvalue weighted by Gasteiger charge is -2.08. The fourth-order valence-corrected chi connectivity index (χ4v) is 1.65. The molecule has 0 saturated heterocycles. The molecule has 0 amide bonds. The summed E-state index contributed by atoms with van der Waals surface area (Å²) in [6.07, 6.45) is 2.00. The summed E-state index contributed by atoms with van der Waals surface area (Å²) < 4.78 is 0.788. The quantitative estimate of drug-likeness (QED) is 0.823. The number of phenolic OH excluding ortho intramolecular Hbond substituents is 1. The van der Waals surface area contributed by atoms with Crippen LogP contribution in [-0.2, 0) is 6.42 Å². The van der Waals surface area contributed by atoms with Gasteiger partial charge in [0.25, 0.3) is 0 Å². The molecule has 0 aliphatic carbocycles. The zero-order chi connectivity index (χ0) is 9.14. The van der Waals surface area contributed by atoms with Crippen molar-refractivity contribution in [2.45, 2.75) is 26.7 Å². The Bertz CT molecular complexity index is 281. The molecule has 1 N–H and O–H groups in total. The Hall–Kier alpha value is -0.500. The molecule has 0 atom stereocenters. The molecule has 0 unspecified atom stereocenters. The van der Waals surface area contributed by atoms with E-state index in [9.17, 15) is 5.11 Å². The topological polar surface area (TPSA) is 20.2 Å². The maximum Gasteiger partial charge on any atom is 0.133 e. The summed E-state index contributed by atoms with van der Waals surface area (Å²) in [4.78, 5) is 0. The molecule has 1 rings (SSSR count). The lowest BCUT2D eigenvalue weighted by atomic mass is 10.0. The molecular formula is C10H13BrO. The first-order valence-corrected chi connectivity index (χ1v) is 4.93. The standard InChI is InChI=1S/C10H13BrO/c1-3-4-8-7(2)5-6-9(11)10(8)12/h5-6,12H,3-4H2,1-2H3. The second-order valence-electron chi connectivity index (χ2n) is 2.94. The molecule has 0 bridgehead atoms. The van der Waals surface area contributed by atoms with Crippen molar-refractivity contribution in [3.63, 3.8) is 0 Å². The summed E-state index contributed by atoms with van der Waals surface area (Å²) in [6.45, 7) is 4.14. The summed E-state index contributed by atoms with van der Waals surface area (Å²) in [5.74, 6) is 0.400. The van der Waals surface area contributed by atoms with E-state index in [4.69, 9.17) is 0 Å². The molecule has 0 heterocycles. The van der Waals surface area contributed by atoms with Crippen LogP contribution in [0.2, 0.25) is 0 Å². The van der Waals surface area contributed by atoms with Gasteiger partial charge in [-0.3, -0.25) is 0 Å². The van der Waals surface area contributed by atoms with Gasteiger partial charge in [-0.05, 0) is 46.5 Å². The summed E-state index contributed by atoms with van der Waals surface area (Å²) in [5.41, 5.74) is 2.23. The average molecular weight is 229 g/mol. The van der Waals surface area contributed by atoms with Crippen LogP contribution in [-0.4, -0.2) is 5.11 Å². The molecule has 0 aliphatic rings. The SMILES string of the molecule is CCCc1c(C)ccc(Br)c1O. The minimum absolute atomic E-state index is 0.400. The van der Waals surface area contributed by atoms with Crippen LogP contribution in [0.25, 0.3) is 0 Å². The van der Waals surface area contributed by atoms with Crippen molar-refractivity contribution in [2.24, 2.45) is 0 Å². The molecule has 0 fully saturated rings. The van der Waals surface area contributed by atoms with E-state index in [0.29, 0.717) is 5.75 Å². The van der Waals surface area contributed by atoms with E-state index in [1.807, 2.05) is 19.1 Å². The Morgan fingerprint density at radius 3 is 2.67 bits per heavy atom. The fourth-order valence-electron chi connectivity index (χ4n) is 1.27. The number of halogens is 1. The van der Waals surface area contributed by atoms with Crippen LogP contribution in [0, 0.1) is 6.92 Å². The van der Waals surface area contributed by atoms with Crippen molar-refractivity contribution in [3.8, 4) is 5.75 Å². The molecule has 0 aliphatic heterocycles. The van der Waals surface area contributed by atoms with Crippen LogP contribution in [0.4, 0.5) is 0 Å². The Balaban J connectivity index is 3.14.